The summed E-state index contributed by atoms with van der Waals surface area (Å²) < 4.78 is 11.2. The molecule has 8 heteroatoms. The molecule has 4 rings (SSSR count). The van der Waals surface area contributed by atoms with Crippen LogP contribution in [0.4, 0.5) is 4.79 Å². The first-order chi connectivity index (χ1) is 14.4. The van der Waals surface area contributed by atoms with Crippen LogP contribution in [0.25, 0.3) is 0 Å². The molecule has 1 aromatic rings. The predicted octanol–water partition coefficient (Wildman–Crippen LogP) is 2.53. The number of imide groups is 1. The largest absolute Gasteiger partial charge is 0.486 e. The molecule has 30 heavy (non-hydrogen) atoms. The zero-order valence-electron chi connectivity index (χ0n) is 17.5. The molecule has 1 atom stereocenters. The Kier molecular flexibility index (Phi) is 5.58. The minimum absolute atomic E-state index is 0.0724. The second-order valence-electron chi connectivity index (χ2n) is 8.62. The van der Waals surface area contributed by atoms with E-state index < -0.39 is 5.54 Å². The molecule has 1 saturated heterocycles. The number of carbonyl (C=O) groups is 3. The van der Waals surface area contributed by atoms with Crippen LogP contribution in [0.5, 0.6) is 11.5 Å². The van der Waals surface area contributed by atoms with E-state index in [1.807, 2.05) is 32.0 Å². The lowest BCUT2D eigenvalue weighted by atomic mass is 9.95. The number of nitrogens with zero attached hydrogens (tertiary/aromatic N) is 1. The van der Waals surface area contributed by atoms with Gasteiger partial charge < -0.3 is 20.1 Å². The van der Waals surface area contributed by atoms with Gasteiger partial charge in [-0.1, -0.05) is 32.8 Å². The number of benzene rings is 1. The van der Waals surface area contributed by atoms with Gasteiger partial charge in [0.15, 0.2) is 11.5 Å². The molecule has 1 saturated carbocycles. The monoisotopic (exact) mass is 415 g/mol. The highest BCUT2D eigenvalue weighted by molar-refractivity contribution is 6.07. The molecule has 0 aromatic heterocycles. The molecular formula is C22H29N3O5. The van der Waals surface area contributed by atoms with Gasteiger partial charge in [-0.3, -0.25) is 14.5 Å². The van der Waals surface area contributed by atoms with Crippen molar-refractivity contribution in [2.45, 2.75) is 57.5 Å². The summed E-state index contributed by atoms with van der Waals surface area (Å²) in [5, 5.41) is 5.90. The number of rotatable bonds is 6. The Morgan fingerprint density at radius 3 is 2.57 bits per heavy atom. The van der Waals surface area contributed by atoms with Crippen LogP contribution < -0.4 is 20.1 Å². The van der Waals surface area contributed by atoms with Crippen molar-refractivity contribution in [3.05, 3.63) is 23.8 Å². The minimum Gasteiger partial charge on any atom is -0.486 e. The standard InChI is InChI=1S/C22H29N3O5/c1-14(2)19(15-5-6-16-17(13-15)30-12-11-29-16)23-18(26)7-10-25-20(27)22(24-21(25)28)8-3-4-9-22/h5-6,13-14,19H,3-4,7-12H2,1-2H3,(H,23,26)(H,24,28)/t19-/m0/s1. The average molecular weight is 415 g/mol. The van der Waals surface area contributed by atoms with Crippen molar-refractivity contribution in [1.82, 2.24) is 15.5 Å². The summed E-state index contributed by atoms with van der Waals surface area (Å²) in [7, 11) is 0. The number of hydrogen-bond donors (Lipinski definition) is 2. The van der Waals surface area contributed by atoms with E-state index in [9.17, 15) is 14.4 Å². The van der Waals surface area contributed by atoms with E-state index >= 15 is 0 Å². The fourth-order valence-corrected chi connectivity index (χ4v) is 4.54. The van der Waals surface area contributed by atoms with E-state index in [1.165, 1.54) is 4.90 Å². The fourth-order valence-electron chi connectivity index (χ4n) is 4.54. The summed E-state index contributed by atoms with van der Waals surface area (Å²) in [6.45, 7) is 5.18. The summed E-state index contributed by atoms with van der Waals surface area (Å²) in [4.78, 5) is 38.9. The first-order valence-corrected chi connectivity index (χ1v) is 10.7. The van der Waals surface area contributed by atoms with Crippen LogP contribution in [0.3, 0.4) is 0 Å². The van der Waals surface area contributed by atoms with Gasteiger partial charge in [-0.15, -0.1) is 0 Å². The van der Waals surface area contributed by atoms with Crippen molar-refractivity contribution < 1.29 is 23.9 Å². The molecular weight excluding hydrogens is 386 g/mol. The van der Waals surface area contributed by atoms with Crippen molar-refractivity contribution in [2.24, 2.45) is 5.92 Å². The van der Waals surface area contributed by atoms with Crippen LogP contribution in [0.15, 0.2) is 18.2 Å². The fraction of sp³-hybridized carbons (Fsp3) is 0.591. The molecule has 1 aliphatic carbocycles. The lowest BCUT2D eigenvalue weighted by Gasteiger charge is -2.26. The van der Waals surface area contributed by atoms with Crippen molar-refractivity contribution in [2.75, 3.05) is 19.8 Å². The number of amides is 4. The van der Waals surface area contributed by atoms with Crippen molar-refractivity contribution in [3.8, 4) is 11.5 Å². The molecule has 2 N–H and O–H groups in total. The number of fused-ring (bicyclic) bond motifs is 1. The van der Waals surface area contributed by atoms with Crippen LogP contribution in [0.1, 0.15) is 57.6 Å². The van der Waals surface area contributed by atoms with Gasteiger partial charge in [0.25, 0.3) is 5.91 Å². The summed E-state index contributed by atoms with van der Waals surface area (Å²) in [6, 6.07) is 5.10. The molecule has 3 aliphatic rings. The molecule has 0 radical (unpaired) electrons. The highest BCUT2D eigenvalue weighted by atomic mass is 16.6. The first-order valence-electron chi connectivity index (χ1n) is 10.7. The molecule has 2 heterocycles. The van der Waals surface area contributed by atoms with Gasteiger partial charge in [-0.05, 0) is 36.5 Å². The molecule has 2 fully saturated rings. The van der Waals surface area contributed by atoms with Crippen LogP contribution in [0.2, 0.25) is 0 Å². The van der Waals surface area contributed by atoms with E-state index in [4.69, 9.17) is 9.47 Å². The van der Waals surface area contributed by atoms with Gasteiger partial charge in [-0.25, -0.2) is 4.79 Å². The minimum atomic E-state index is -0.737. The summed E-state index contributed by atoms with van der Waals surface area (Å²) in [5.74, 6) is 1.15. The highest BCUT2D eigenvalue weighted by Crippen LogP contribution is 2.36. The lowest BCUT2D eigenvalue weighted by Crippen LogP contribution is -2.44. The lowest BCUT2D eigenvalue weighted by molar-refractivity contribution is -0.131. The number of ether oxygens (including phenoxy) is 2. The summed E-state index contributed by atoms with van der Waals surface area (Å²) >= 11 is 0. The number of hydrogen-bond acceptors (Lipinski definition) is 5. The average Bonchev–Trinajstić information content (AvgIpc) is 3.29. The number of carbonyl (C=O) groups excluding carboxylic acids is 3. The maximum absolute atomic E-state index is 12.7. The third kappa shape index (κ3) is 3.82. The summed E-state index contributed by atoms with van der Waals surface area (Å²) in [5.41, 5.74) is 0.196. The Morgan fingerprint density at radius 2 is 1.87 bits per heavy atom. The maximum atomic E-state index is 12.7. The summed E-state index contributed by atoms with van der Waals surface area (Å²) in [6.07, 6.45) is 3.31. The molecule has 162 valence electrons. The smallest absolute Gasteiger partial charge is 0.325 e. The van der Waals surface area contributed by atoms with Gasteiger partial charge >= 0.3 is 6.03 Å². The highest BCUT2D eigenvalue weighted by Gasteiger charge is 2.52. The zero-order valence-corrected chi connectivity index (χ0v) is 17.5. The van der Waals surface area contributed by atoms with Gasteiger partial charge in [0.2, 0.25) is 5.91 Å². The quantitative estimate of drug-likeness (QED) is 0.696. The van der Waals surface area contributed by atoms with Gasteiger partial charge in [0.05, 0.1) is 6.04 Å². The Bertz CT molecular complexity index is 847. The SMILES string of the molecule is CC(C)[C@H](NC(=O)CCN1C(=O)NC2(CCCC2)C1=O)c1ccc2c(c1)OCCO2. The van der Waals surface area contributed by atoms with Crippen molar-refractivity contribution in [1.29, 1.82) is 0 Å². The van der Waals surface area contributed by atoms with Crippen LogP contribution in [0, 0.1) is 5.92 Å². The van der Waals surface area contributed by atoms with Gasteiger partial charge in [0.1, 0.15) is 18.8 Å². The number of urea groups is 1. The van der Waals surface area contributed by atoms with E-state index in [0.717, 1.165) is 18.4 Å². The molecule has 1 spiro atoms. The second-order valence-corrected chi connectivity index (χ2v) is 8.62. The molecule has 1 aromatic carbocycles. The van der Waals surface area contributed by atoms with Crippen LogP contribution >= 0.6 is 0 Å². The van der Waals surface area contributed by atoms with Crippen molar-refractivity contribution in [3.63, 3.8) is 0 Å². The predicted molar refractivity (Wildman–Crippen MR) is 109 cm³/mol. The Balaban J connectivity index is 1.38. The Hall–Kier alpha value is -2.77. The van der Waals surface area contributed by atoms with E-state index in [1.54, 1.807) is 0 Å². The molecule has 0 bridgehead atoms. The molecule has 4 amide bonds. The Labute approximate surface area is 176 Å². The Morgan fingerprint density at radius 1 is 1.17 bits per heavy atom. The molecule has 0 unspecified atom stereocenters. The topological polar surface area (TPSA) is 97.0 Å². The van der Waals surface area contributed by atoms with Gasteiger partial charge in [-0.2, -0.15) is 0 Å². The second kappa shape index (κ2) is 8.16. The van der Waals surface area contributed by atoms with Crippen molar-refractivity contribution >= 4 is 17.8 Å². The molecule has 8 nitrogen and oxygen atoms in total. The number of nitrogens with one attached hydrogen (secondary N) is 2. The first kappa shape index (κ1) is 20.5. The zero-order chi connectivity index (χ0) is 21.3. The van der Waals surface area contributed by atoms with Crippen LogP contribution in [-0.4, -0.2) is 48.0 Å². The third-order valence-corrected chi connectivity index (χ3v) is 6.17. The van der Waals surface area contributed by atoms with E-state index in [-0.39, 0.29) is 42.8 Å². The van der Waals surface area contributed by atoms with E-state index in [2.05, 4.69) is 10.6 Å². The third-order valence-electron chi connectivity index (χ3n) is 6.17. The molecule has 2 aliphatic heterocycles. The normalized spacial score (nSPS) is 20.6. The maximum Gasteiger partial charge on any atom is 0.325 e. The van der Waals surface area contributed by atoms with E-state index in [0.29, 0.717) is 37.6 Å². The van der Waals surface area contributed by atoms with Gasteiger partial charge in [0, 0.05) is 13.0 Å². The van der Waals surface area contributed by atoms with Crippen LogP contribution in [-0.2, 0) is 9.59 Å².